The van der Waals surface area contributed by atoms with E-state index in [0.717, 1.165) is 54.8 Å². The second-order valence-electron chi connectivity index (χ2n) is 7.53. The monoisotopic (exact) mass is 413 g/mol. The maximum Gasteiger partial charge on any atom is 0.233 e. The number of carbonyl (C=O) groups is 1. The molecule has 3 heterocycles. The zero-order valence-electron chi connectivity index (χ0n) is 16.7. The van der Waals surface area contributed by atoms with Crippen molar-refractivity contribution < 1.29 is 9.21 Å². The molecule has 6 heteroatoms. The Hall–Kier alpha value is -2.37. The zero-order chi connectivity index (χ0) is 19.3. The Kier molecular flexibility index (Phi) is 7.29. The average Bonchev–Trinajstić information content (AvgIpc) is 2.99. The van der Waals surface area contributed by atoms with Gasteiger partial charge in [0.2, 0.25) is 5.91 Å². The Labute approximate surface area is 177 Å². The Bertz CT molecular complexity index is 887. The minimum atomic E-state index is -0.327. The second kappa shape index (κ2) is 9.90. The molecular weight excluding hydrogens is 386 g/mol. The zero-order valence-corrected chi connectivity index (χ0v) is 17.5. The highest BCUT2D eigenvalue weighted by atomic mass is 35.5. The number of furan rings is 1. The number of halogens is 1. The third kappa shape index (κ3) is 4.98. The Balaban J connectivity index is 0.00000240. The number of carbonyl (C=O) groups excluding carboxylic acids is 1. The predicted molar refractivity (Wildman–Crippen MR) is 117 cm³/mol. The lowest BCUT2D eigenvalue weighted by molar-refractivity contribution is -0.136. The second-order valence-corrected chi connectivity index (χ2v) is 7.53. The van der Waals surface area contributed by atoms with Crippen LogP contribution in [0.15, 0.2) is 59.1 Å². The van der Waals surface area contributed by atoms with Crippen LogP contribution >= 0.6 is 12.4 Å². The normalized spacial score (nSPS) is 17.9. The van der Waals surface area contributed by atoms with Gasteiger partial charge in [0.1, 0.15) is 11.3 Å². The first-order valence-corrected chi connectivity index (χ1v) is 10.1. The summed E-state index contributed by atoms with van der Waals surface area (Å²) in [5, 5.41) is 4.48. The highest BCUT2D eigenvalue weighted by Crippen LogP contribution is 2.28. The molecule has 1 N–H and O–H groups in total. The third-order valence-electron chi connectivity index (χ3n) is 5.57. The SMILES string of the molecule is CC(C(=O)N(Cc1ccccn1)C1CCCNCC1)c1cc2ccccc2o1.Cl. The van der Waals surface area contributed by atoms with E-state index in [0.29, 0.717) is 6.54 Å². The molecule has 5 nitrogen and oxygen atoms in total. The number of rotatable bonds is 5. The van der Waals surface area contributed by atoms with Crippen LogP contribution in [0.3, 0.4) is 0 Å². The fourth-order valence-electron chi connectivity index (χ4n) is 3.95. The van der Waals surface area contributed by atoms with Crippen LogP contribution in [0.2, 0.25) is 0 Å². The molecule has 2 unspecified atom stereocenters. The van der Waals surface area contributed by atoms with Gasteiger partial charge in [0, 0.05) is 17.6 Å². The Morgan fingerprint density at radius 2 is 2.03 bits per heavy atom. The van der Waals surface area contributed by atoms with Crippen molar-refractivity contribution in [3.05, 3.63) is 66.2 Å². The van der Waals surface area contributed by atoms with Crippen molar-refractivity contribution in [2.45, 2.75) is 44.7 Å². The summed E-state index contributed by atoms with van der Waals surface area (Å²) in [7, 11) is 0. The highest BCUT2D eigenvalue weighted by molar-refractivity contribution is 5.86. The standard InChI is InChI=1S/C23H27N3O2.ClH/c1-17(22-15-18-7-2-3-10-21(18)28-22)23(27)26(16-19-8-4-5-13-25-19)20-9-6-12-24-14-11-20;/h2-5,7-8,10,13,15,17,20,24H,6,9,11-12,14,16H2,1H3;1H. The number of pyridine rings is 1. The number of hydrogen-bond donors (Lipinski definition) is 1. The molecule has 1 aliphatic rings. The van der Waals surface area contributed by atoms with Gasteiger partial charge < -0.3 is 14.6 Å². The average molecular weight is 414 g/mol. The third-order valence-corrected chi connectivity index (χ3v) is 5.57. The van der Waals surface area contributed by atoms with Crippen molar-refractivity contribution >= 4 is 29.3 Å². The molecule has 1 saturated heterocycles. The van der Waals surface area contributed by atoms with Gasteiger partial charge in [-0.3, -0.25) is 9.78 Å². The van der Waals surface area contributed by atoms with Gasteiger partial charge in [0.15, 0.2) is 0 Å². The minimum Gasteiger partial charge on any atom is -0.460 e. The number of nitrogens with zero attached hydrogens (tertiary/aromatic N) is 2. The van der Waals surface area contributed by atoms with Crippen molar-refractivity contribution in [3.63, 3.8) is 0 Å². The molecule has 2 aromatic heterocycles. The van der Waals surface area contributed by atoms with Crippen LogP contribution in [0.25, 0.3) is 11.0 Å². The molecular formula is C23H28ClN3O2. The van der Waals surface area contributed by atoms with E-state index in [-0.39, 0.29) is 30.3 Å². The van der Waals surface area contributed by atoms with Crippen molar-refractivity contribution in [1.29, 1.82) is 0 Å². The number of amides is 1. The van der Waals surface area contributed by atoms with Crippen LogP contribution in [0.5, 0.6) is 0 Å². The smallest absolute Gasteiger partial charge is 0.233 e. The molecule has 0 radical (unpaired) electrons. The van der Waals surface area contributed by atoms with Gasteiger partial charge in [0.25, 0.3) is 0 Å². The van der Waals surface area contributed by atoms with E-state index in [2.05, 4.69) is 10.3 Å². The molecule has 0 aliphatic carbocycles. The first-order chi connectivity index (χ1) is 13.7. The van der Waals surface area contributed by atoms with Crippen LogP contribution in [-0.2, 0) is 11.3 Å². The van der Waals surface area contributed by atoms with Crippen LogP contribution in [-0.4, -0.2) is 34.9 Å². The van der Waals surface area contributed by atoms with Crippen LogP contribution in [0.1, 0.15) is 43.6 Å². The molecule has 2 atom stereocenters. The van der Waals surface area contributed by atoms with Gasteiger partial charge >= 0.3 is 0 Å². The number of aromatic nitrogens is 1. The summed E-state index contributed by atoms with van der Waals surface area (Å²) in [5.41, 5.74) is 1.75. The van der Waals surface area contributed by atoms with E-state index in [1.165, 1.54) is 0 Å². The first-order valence-electron chi connectivity index (χ1n) is 10.1. The molecule has 1 amide bonds. The van der Waals surface area contributed by atoms with Gasteiger partial charge in [-0.05, 0) is 63.5 Å². The molecule has 154 valence electrons. The van der Waals surface area contributed by atoms with Gasteiger partial charge in [-0.25, -0.2) is 0 Å². The number of benzene rings is 1. The molecule has 0 saturated carbocycles. The summed E-state index contributed by atoms with van der Waals surface area (Å²) in [5.74, 6) is 0.507. The maximum absolute atomic E-state index is 13.6. The first kappa shape index (κ1) is 21.3. The fourth-order valence-corrected chi connectivity index (χ4v) is 3.95. The highest BCUT2D eigenvalue weighted by Gasteiger charge is 2.30. The minimum absolute atomic E-state index is 0. The van der Waals surface area contributed by atoms with E-state index >= 15 is 0 Å². The lowest BCUT2D eigenvalue weighted by Gasteiger charge is -2.32. The van der Waals surface area contributed by atoms with Gasteiger partial charge in [0.05, 0.1) is 18.2 Å². The summed E-state index contributed by atoms with van der Waals surface area (Å²) in [6.07, 6.45) is 4.84. The quantitative estimate of drug-likeness (QED) is 0.667. The molecule has 29 heavy (non-hydrogen) atoms. The molecule has 3 aromatic rings. The molecule has 1 fully saturated rings. The summed E-state index contributed by atoms with van der Waals surface area (Å²) < 4.78 is 5.99. The van der Waals surface area contributed by atoms with Gasteiger partial charge in [-0.1, -0.05) is 24.3 Å². The molecule has 4 rings (SSSR count). The van der Waals surface area contributed by atoms with Crippen LogP contribution < -0.4 is 5.32 Å². The number of hydrogen-bond acceptors (Lipinski definition) is 4. The van der Waals surface area contributed by atoms with E-state index in [9.17, 15) is 4.79 Å². The van der Waals surface area contributed by atoms with Crippen molar-refractivity contribution in [2.24, 2.45) is 0 Å². The molecule has 0 spiro atoms. The van der Waals surface area contributed by atoms with E-state index in [1.54, 1.807) is 6.20 Å². The number of fused-ring (bicyclic) bond motifs is 1. The number of nitrogens with one attached hydrogen (secondary N) is 1. The Morgan fingerprint density at radius 3 is 2.83 bits per heavy atom. The van der Waals surface area contributed by atoms with E-state index in [1.807, 2.05) is 60.4 Å². The fraction of sp³-hybridized carbons (Fsp3) is 0.391. The van der Waals surface area contributed by atoms with Crippen molar-refractivity contribution in [2.75, 3.05) is 13.1 Å². The molecule has 1 aliphatic heterocycles. The summed E-state index contributed by atoms with van der Waals surface area (Å²) in [6.45, 7) is 4.44. The number of para-hydroxylation sites is 1. The lowest BCUT2D eigenvalue weighted by atomic mass is 10.0. The van der Waals surface area contributed by atoms with Gasteiger partial charge in [-0.2, -0.15) is 0 Å². The lowest BCUT2D eigenvalue weighted by Crippen LogP contribution is -2.42. The topological polar surface area (TPSA) is 58.4 Å². The largest absolute Gasteiger partial charge is 0.460 e. The summed E-state index contributed by atoms with van der Waals surface area (Å²) in [4.78, 5) is 20.0. The van der Waals surface area contributed by atoms with E-state index in [4.69, 9.17) is 4.42 Å². The maximum atomic E-state index is 13.6. The van der Waals surface area contributed by atoms with Crippen LogP contribution in [0.4, 0.5) is 0 Å². The van der Waals surface area contributed by atoms with Crippen LogP contribution in [0, 0.1) is 0 Å². The van der Waals surface area contributed by atoms with Crippen molar-refractivity contribution in [1.82, 2.24) is 15.2 Å². The predicted octanol–water partition coefficient (Wildman–Crippen LogP) is 4.52. The summed E-state index contributed by atoms with van der Waals surface area (Å²) >= 11 is 0. The summed E-state index contributed by atoms with van der Waals surface area (Å²) in [6, 6.07) is 16.0. The van der Waals surface area contributed by atoms with Crippen molar-refractivity contribution in [3.8, 4) is 0 Å². The molecule has 0 bridgehead atoms. The molecule has 1 aromatic carbocycles. The van der Waals surface area contributed by atoms with E-state index < -0.39 is 0 Å². The Morgan fingerprint density at radius 1 is 1.21 bits per heavy atom. The van der Waals surface area contributed by atoms with Gasteiger partial charge in [-0.15, -0.1) is 12.4 Å².